The average Bonchev–Trinajstić information content (AvgIpc) is 2.29. The van der Waals surface area contributed by atoms with Crippen molar-refractivity contribution in [2.75, 3.05) is 6.54 Å². The van der Waals surface area contributed by atoms with Gasteiger partial charge in [0.25, 0.3) is 0 Å². The number of phenolic OH excluding ortho intramolecular Hbond substituents is 1. The van der Waals surface area contributed by atoms with Crippen molar-refractivity contribution < 1.29 is 5.11 Å². The van der Waals surface area contributed by atoms with Crippen LogP contribution in [0.4, 0.5) is 0 Å². The summed E-state index contributed by atoms with van der Waals surface area (Å²) >= 11 is 0. The number of hydrogen-bond donors (Lipinski definition) is 2. The van der Waals surface area contributed by atoms with Crippen LogP contribution < -0.4 is 5.73 Å². The van der Waals surface area contributed by atoms with Crippen LogP contribution in [0, 0.1) is 0 Å². The van der Waals surface area contributed by atoms with Crippen molar-refractivity contribution in [1.82, 2.24) is 0 Å². The standard InChI is InChI=1S/C15H21NO/c16-10-15(6-3-7-15)13-8-11-4-1-2-5-12(11)9-14(13)17/h8-9,17H,1-7,10,16H2. The predicted molar refractivity (Wildman–Crippen MR) is 69.3 cm³/mol. The first-order valence-electron chi connectivity index (χ1n) is 6.80. The zero-order valence-corrected chi connectivity index (χ0v) is 10.3. The number of benzene rings is 1. The van der Waals surface area contributed by atoms with Crippen LogP contribution in [-0.4, -0.2) is 11.7 Å². The second-order valence-electron chi connectivity index (χ2n) is 5.68. The van der Waals surface area contributed by atoms with E-state index >= 15 is 0 Å². The lowest BCUT2D eigenvalue weighted by Crippen LogP contribution is -2.41. The van der Waals surface area contributed by atoms with E-state index in [4.69, 9.17) is 5.73 Å². The summed E-state index contributed by atoms with van der Waals surface area (Å²) in [7, 11) is 0. The van der Waals surface area contributed by atoms with Crippen molar-refractivity contribution in [3.05, 3.63) is 28.8 Å². The van der Waals surface area contributed by atoms with E-state index in [1.54, 1.807) is 0 Å². The number of fused-ring (bicyclic) bond motifs is 1. The molecule has 0 unspecified atom stereocenters. The molecule has 2 heteroatoms. The number of phenols is 1. The number of rotatable bonds is 2. The molecule has 0 bridgehead atoms. The number of aromatic hydroxyl groups is 1. The van der Waals surface area contributed by atoms with Crippen molar-refractivity contribution >= 4 is 0 Å². The van der Waals surface area contributed by atoms with Crippen molar-refractivity contribution in [3.8, 4) is 5.75 Å². The second kappa shape index (κ2) is 4.02. The Bertz CT molecular complexity index is 429. The molecule has 2 nitrogen and oxygen atoms in total. The minimum Gasteiger partial charge on any atom is -0.508 e. The van der Waals surface area contributed by atoms with Crippen LogP contribution in [0.1, 0.15) is 48.8 Å². The minimum absolute atomic E-state index is 0.0799. The van der Waals surface area contributed by atoms with Crippen molar-refractivity contribution in [2.45, 2.75) is 50.4 Å². The summed E-state index contributed by atoms with van der Waals surface area (Å²) in [4.78, 5) is 0. The van der Waals surface area contributed by atoms with E-state index in [0.29, 0.717) is 12.3 Å². The Labute approximate surface area is 103 Å². The van der Waals surface area contributed by atoms with Crippen LogP contribution in [0.5, 0.6) is 5.75 Å². The molecule has 3 N–H and O–H groups in total. The molecule has 0 saturated heterocycles. The van der Waals surface area contributed by atoms with Gasteiger partial charge in [0.2, 0.25) is 0 Å². The molecule has 1 aromatic carbocycles. The molecule has 0 aromatic heterocycles. The highest BCUT2D eigenvalue weighted by Crippen LogP contribution is 2.47. The first kappa shape index (κ1) is 11.1. The Hall–Kier alpha value is -1.02. The fourth-order valence-corrected chi connectivity index (χ4v) is 3.38. The molecule has 0 aliphatic heterocycles. The molecular formula is C15H21NO. The Morgan fingerprint density at radius 2 is 1.71 bits per heavy atom. The van der Waals surface area contributed by atoms with Crippen molar-refractivity contribution in [2.24, 2.45) is 5.73 Å². The van der Waals surface area contributed by atoms with Gasteiger partial charge in [0.1, 0.15) is 5.75 Å². The minimum atomic E-state index is 0.0799. The normalized spacial score (nSPS) is 21.7. The smallest absolute Gasteiger partial charge is 0.119 e. The van der Waals surface area contributed by atoms with E-state index in [2.05, 4.69) is 6.07 Å². The van der Waals surface area contributed by atoms with E-state index < -0.39 is 0 Å². The van der Waals surface area contributed by atoms with Crippen LogP contribution in [0.3, 0.4) is 0 Å². The third-order valence-corrected chi connectivity index (χ3v) is 4.73. The molecule has 0 atom stereocenters. The van der Waals surface area contributed by atoms with E-state index in [1.807, 2.05) is 6.07 Å². The maximum atomic E-state index is 10.2. The molecule has 2 aliphatic rings. The quantitative estimate of drug-likeness (QED) is 0.822. The molecule has 0 amide bonds. The second-order valence-corrected chi connectivity index (χ2v) is 5.68. The van der Waals surface area contributed by atoms with Gasteiger partial charge in [-0.1, -0.05) is 12.5 Å². The molecule has 17 heavy (non-hydrogen) atoms. The Morgan fingerprint density at radius 1 is 1.06 bits per heavy atom. The zero-order chi connectivity index (χ0) is 11.9. The number of hydrogen-bond acceptors (Lipinski definition) is 2. The van der Waals surface area contributed by atoms with Gasteiger partial charge in [-0.2, -0.15) is 0 Å². The summed E-state index contributed by atoms with van der Waals surface area (Å²) in [5.74, 6) is 0.482. The van der Waals surface area contributed by atoms with Crippen LogP contribution >= 0.6 is 0 Å². The average molecular weight is 231 g/mol. The highest BCUT2D eigenvalue weighted by molar-refractivity contribution is 5.48. The van der Waals surface area contributed by atoms with E-state index in [9.17, 15) is 5.11 Å². The largest absolute Gasteiger partial charge is 0.508 e. The van der Waals surface area contributed by atoms with Gasteiger partial charge in [0.05, 0.1) is 0 Å². The maximum Gasteiger partial charge on any atom is 0.119 e. The SMILES string of the molecule is NCC1(c2cc3c(cc2O)CCCC3)CCC1. The fourth-order valence-electron chi connectivity index (χ4n) is 3.38. The van der Waals surface area contributed by atoms with Crippen LogP contribution in [0.25, 0.3) is 0 Å². The highest BCUT2D eigenvalue weighted by Gasteiger charge is 2.39. The molecule has 0 heterocycles. The zero-order valence-electron chi connectivity index (χ0n) is 10.3. The molecule has 1 saturated carbocycles. The van der Waals surface area contributed by atoms with Gasteiger partial charge in [-0.05, 0) is 55.7 Å². The Kier molecular flexibility index (Phi) is 2.62. The summed E-state index contributed by atoms with van der Waals surface area (Å²) in [5.41, 5.74) is 9.93. The monoisotopic (exact) mass is 231 g/mol. The maximum absolute atomic E-state index is 10.2. The molecule has 0 spiro atoms. The number of aryl methyl sites for hydroxylation is 2. The third kappa shape index (κ3) is 1.66. The van der Waals surface area contributed by atoms with Gasteiger partial charge in [0, 0.05) is 17.5 Å². The fraction of sp³-hybridized carbons (Fsp3) is 0.600. The van der Waals surface area contributed by atoms with E-state index in [0.717, 1.165) is 24.8 Å². The lowest BCUT2D eigenvalue weighted by Gasteiger charge is -2.42. The Morgan fingerprint density at radius 3 is 2.24 bits per heavy atom. The van der Waals surface area contributed by atoms with E-state index in [1.165, 1.54) is 36.8 Å². The topological polar surface area (TPSA) is 46.2 Å². The van der Waals surface area contributed by atoms with Crippen LogP contribution in [-0.2, 0) is 18.3 Å². The summed E-state index contributed by atoms with van der Waals surface area (Å²) in [6.45, 7) is 0.666. The van der Waals surface area contributed by atoms with Gasteiger partial charge in [-0.25, -0.2) is 0 Å². The molecule has 92 valence electrons. The molecule has 3 rings (SSSR count). The molecule has 1 aromatic rings. The molecule has 2 aliphatic carbocycles. The van der Waals surface area contributed by atoms with Gasteiger partial charge in [0.15, 0.2) is 0 Å². The molecule has 0 radical (unpaired) electrons. The van der Waals surface area contributed by atoms with Crippen LogP contribution in [0.15, 0.2) is 12.1 Å². The van der Waals surface area contributed by atoms with Crippen molar-refractivity contribution in [3.63, 3.8) is 0 Å². The van der Waals surface area contributed by atoms with Gasteiger partial charge >= 0.3 is 0 Å². The summed E-state index contributed by atoms with van der Waals surface area (Å²) < 4.78 is 0. The third-order valence-electron chi connectivity index (χ3n) is 4.73. The lowest BCUT2D eigenvalue weighted by atomic mass is 9.63. The van der Waals surface area contributed by atoms with Crippen molar-refractivity contribution in [1.29, 1.82) is 0 Å². The van der Waals surface area contributed by atoms with E-state index in [-0.39, 0.29) is 5.41 Å². The van der Waals surface area contributed by atoms with Crippen LogP contribution in [0.2, 0.25) is 0 Å². The number of nitrogens with two attached hydrogens (primary N) is 1. The lowest BCUT2D eigenvalue weighted by molar-refractivity contribution is 0.244. The summed E-state index contributed by atoms with van der Waals surface area (Å²) in [6.07, 6.45) is 8.35. The first-order valence-corrected chi connectivity index (χ1v) is 6.80. The van der Waals surface area contributed by atoms with Gasteiger partial charge in [-0.15, -0.1) is 0 Å². The predicted octanol–water partition coefficient (Wildman–Crippen LogP) is 2.65. The first-order chi connectivity index (χ1) is 8.25. The molecular weight excluding hydrogens is 210 g/mol. The molecule has 1 fully saturated rings. The summed E-state index contributed by atoms with van der Waals surface area (Å²) in [5, 5.41) is 10.2. The summed E-state index contributed by atoms with van der Waals surface area (Å²) in [6, 6.07) is 4.25. The van der Waals surface area contributed by atoms with Gasteiger partial charge < -0.3 is 10.8 Å². The van der Waals surface area contributed by atoms with Gasteiger partial charge in [-0.3, -0.25) is 0 Å². The highest BCUT2D eigenvalue weighted by atomic mass is 16.3. The Balaban J connectivity index is 2.05.